The number of nitrogen functional groups attached to an aromatic ring is 1. The Bertz CT molecular complexity index is 851. The fraction of sp³-hybridized carbons (Fsp3) is 0. The van der Waals surface area contributed by atoms with Crippen molar-refractivity contribution >= 4 is 43.7 Å². The normalized spacial score (nSPS) is 11.6. The van der Waals surface area contributed by atoms with Gasteiger partial charge in [-0.15, -0.1) is 0 Å². The van der Waals surface area contributed by atoms with Crippen LogP contribution < -0.4 is 5.73 Å². The molecule has 0 radical (unpaired) electrons. The van der Waals surface area contributed by atoms with Crippen molar-refractivity contribution in [2.24, 2.45) is 0 Å². The van der Waals surface area contributed by atoms with E-state index in [4.69, 9.17) is 14.6 Å². The van der Waals surface area contributed by atoms with Gasteiger partial charge in [-0.25, -0.2) is 0 Å². The number of benzene rings is 1. The van der Waals surface area contributed by atoms with Gasteiger partial charge in [0.2, 0.25) is 0 Å². The minimum atomic E-state index is 0.502. The van der Waals surface area contributed by atoms with Crippen molar-refractivity contribution in [3.05, 3.63) is 35.3 Å². The van der Waals surface area contributed by atoms with Gasteiger partial charge >= 0.3 is 0 Å². The number of halogens is 1. The minimum absolute atomic E-state index is 0.502. The fourth-order valence-electron chi connectivity index (χ4n) is 2.36. The number of hydrogen-bond acceptors (Lipinski definition) is 4. The molecule has 6 heteroatoms. The monoisotopic (exact) mass is 317 g/mol. The summed E-state index contributed by atoms with van der Waals surface area (Å²) >= 11 is 3.55. The van der Waals surface area contributed by atoms with E-state index in [0.717, 1.165) is 37.5 Å². The molecule has 94 valence electrons. The summed E-state index contributed by atoms with van der Waals surface area (Å²) < 4.78 is 12.0. The molecule has 19 heavy (non-hydrogen) atoms. The lowest BCUT2D eigenvalue weighted by molar-refractivity contribution is 0.611. The lowest BCUT2D eigenvalue weighted by Crippen LogP contribution is -1.89. The zero-order chi connectivity index (χ0) is 13.0. The first-order valence-electron chi connectivity index (χ1n) is 5.62. The molecule has 3 heterocycles. The number of furan rings is 2. The molecule has 0 amide bonds. The van der Waals surface area contributed by atoms with E-state index in [-0.39, 0.29) is 0 Å². The van der Waals surface area contributed by atoms with Crippen LogP contribution in [0.3, 0.4) is 0 Å². The third-order valence-electron chi connectivity index (χ3n) is 3.20. The molecular weight excluding hydrogens is 310 g/mol. The second-order valence-corrected chi connectivity index (χ2v) is 5.01. The average molecular weight is 318 g/mol. The lowest BCUT2D eigenvalue weighted by Gasteiger charge is -2.05. The van der Waals surface area contributed by atoms with E-state index in [0.29, 0.717) is 5.82 Å². The molecule has 5 nitrogen and oxygen atoms in total. The molecule has 0 fully saturated rings. The predicted molar refractivity (Wildman–Crippen MR) is 75.7 cm³/mol. The van der Waals surface area contributed by atoms with Crippen LogP contribution in [0.25, 0.3) is 33.1 Å². The first kappa shape index (κ1) is 10.7. The number of H-pyrrole nitrogens is 1. The van der Waals surface area contributed by atoms with Gasteiger partial charge in [-0.2, -0.15) is 5.10 Å². The summed E-state index contributed by atoms with van der Waals surface area (Å²) in [6.07, 6.45) is 4.98. The number of fused-ring (bicyclic) bond motifs is 2. The summed E-state index contributed by atoms with van der Waals surface area (Å²) in [5.74, 6) is 0.502. The van der Waals surface area contributed by atoms with E-state index in [2.05, 4.69) is 26.1 Å². The topological polar surface area (TPSA) is 81.0 Å². The first-order chi connectivity index (χ1) is 9.27. The second kappa shape index (κ2) is 3.64. The highest BCUT2D eigenvalue weighted by Gasteiger charge is 2.20. The van der Waals surface area contributed by atoms with Crippen molar-refractivity contribution in [3.8, 4) is 11.1 Å². The van der Waals surface area contributed by atoms with E-state index in [9.17, 15) is 0 Å². The van der Waals surface area contributed by atoms with Crippen LogP contribution >= 0.6 is 15.9 Å². The summed E-state index contributed by atoms with van der Waals surface area (Å²) in [6.45, 7) is 0. The SMILES string of the molecule is Nc1[nH]ncc1-c1c2ccoc2c(Br)c2ccoc12. The Morgan fingerprint density at radius 3 is 2.58 bits per heavy atom. The van der Waals surface area contributed by atoms with Crippen molar-refractivity contribution < 1.29 is 8.83 Å². The Kier molecular flexibility index (Phi) is 2.05. The smallest absolute Gasteiger partial charge is 0.149 e. The third kappa shape index (κ3) is 1.31. The molecule has 4 aromatic rings. The number of anilines is 1. The van der Waals surface area contributed by atoms with Crippen molar-refractivity contribution in [1.29, 1.82) is 0 Å². The standard InChI is InChI=1S/C13H8BrN3O2/c14-10-7-2-4-18-11(7)9(6-1-3-19-12(6)10)8-5-16-17-13(8)15/h1-5H,(H3,15,16,17). The number of hydrogen-bond donors (Lipinski definition) is 2. The van der Waals surface area contributed by atoms with Crippen LogP contribution in [0.5, 0.6) is 0 Å². The molecule has 0 saturated heterocycles. The summed E-state index contributed by atoms with van der Waals surface area (Å²) in [6, 6.07) is 3.78. The van der Waals surface area contributed by atoms with Gasteiger partial charge in [-0.3, -0.25) is 5.10 Å². The van der Waals surface area contributed by atoms with Crippen molar-refractivity contribution in [3.63, 3.8) is 0 Å². The van der Waals surface area contributed by atoms with Gasteiger partial charge in [0.05, 0.1) is 23.2 Å². The van der Waals surface area contributed by atoms with Gasteiger partial charge in [0, 0.05) is 21.9 Å². The number of nitrogens with two attached hydrogens (primary N) is 1. The maximum atomic E-state index is 5.93. The zero-order valence-electron chi connectivity index (χ0n) is 9.61. The molecule has 0 bridgehead atoms. The molecular formula is C13H8BrN3O2. The Morgan fingerprint density at radius 2 is 1.84 bits per heavy atom. The summed E-state index contributed by atoms with van der Waals surface area (Å²) in [5.41, 5.74) is 9.15. The van der Waals surface area contributed by atoms with Gasteiger partial charge < -0.3 is 14.6 Å². The van der Waals surface area contributed by atoms with Crippen LogP contribution in [0.4, 0.5) is 5.82 Å². The van der Waals surface area contributed by atoms with E-state index in [1.165, 1.54) is 0 Å². The van der Waals surface area contributed by atoms with Crippen molar-refractivity contribution in [1.82, 2.24) is 10.2 Å². The van der Waals surface area contributed by atoms with E-state index in [1.54, 1.807) is 18.7 Å². The first-order valence-corrected chi connectivity index (χ1v) is 6.41. The van der Waals surface area contributed by atoms with Crippen LogP contribution in [0.2, 0.25) is 0 Å². The Balaban J connectivity index is 2.29. The van der Waals surface area contributed by atoms with Crippen LogP contribution in [-0.2, 0) is 0 Å². The van der Waals surface area contributed by atoms with Crippen LogP contribution in [0.15, 0.2) is 44.2 Å². The molecule has 0 aliphatic rings. The molecule has 4 rings (SSSR count). The maximum Gasteiger partial charge on any atom is 0.149 e. The van der Waals surface area contributed by atoms with Crippen LogP contribution in [0, 0.1) is 0 Å². The van der Waals surface area contributed by atoms with Crippen molar-refractivity contribution in [2.45, 2.75) is 0 Å². The van der Waals surface area contributed by atoms with Gasteiger partial charge in [-0.05, 0) is 28.1 Å². The van der Waals surface area contributed by atoms with E-state index < -0.39 is 0 Å². The van der Waals surface area contributed by atoms with E-state index in [1.807, 2.05) is 12.1 Å². The number of nitrogens with one attached hydrogen (secondary N) is 1. The van der Waals surface area contributed by atoms with Crippen molar-refractivity contribution in [2.75, 3.05) is 5.73 Å². The third-order valence-corrected chi connectivity index (χ3v) is 3.99. The second-order valence-electron chi connectivity index (χ2n) is 4.21. The summed E-state index contributed by atoms with van der Waals surface area (Å²) in [4.78, 5) is 0. The number of aromatic nitrogens is 2. The number of aromatic amines is 1. The zero-order valence-corrected chi connectivity index (χ0v) is 11.2. The minimum Gasteiger partial charge on any atom is -0.464 e. The number of rotatable bonds is 1. The molecule has 0 spiro atoms. The van der Waals surface area contributed by atoms with Gasteiger partial charge in [-0.1, -0.05) is 0 Å². The Morgan fingerprint density at radius 1 is 1.11 bits per heavy atom. The quantitative estimate of drug-likeness (QED) is 0.557. The lowest BCUT2D eigenvalue weighted by atomic mass is 10.0. The van der Waals surface area contributed by atoms with E-state index >= 15 is 0 Å². The highest BCUT2D eigenvalue weighted by atomic mass is 79.9. The molecule has 0 aliphatic heterocycles. The molecule has 3 aromatic heterocycles. The van der Waals surface area contributed by atoms with Gasteiger partial charge in [0.15, 0.2) is 0 Å². The van der Waals surface area contributed by atoms with Crippen LogP contribution in [0.1, 0.15) is 0 Å². The highest BCUT2D eigenvalue weighted by molar-refractivity contribution is 9.10. The maximum absolute atomic E-state index is 5.93. The molecule has 1 aromatic carbocycles. The predicted octanol–water partition coefficient (Wildman–Crippen LogP) is 3.91. The number of nitrogens with zero attached hydrogens (tertiary/aromatic N) is 1. The molecule has 0 atom stereocenters. The molecule has 0 aliphatic carbocycles. The molecule has 0 unspecified atom stereocenters. The summed E-state index contributed by atoms with van der Waals surface area (Å²) in [5, 5.41) is 8.58. The highest BCUT2D eigenvalue weighted by Crippen LogP contribution is 2.43. The van der Waals surface area contributed by atoms with Gasteiger partial charge in [0.1, 0.15) is 17.0 Å². The van der Waals surface area contributed by atoms with Gasteiger partial charge in [0.25, 0.3) is 0 Å². The average Bonchev–Trinajstić information content (AvgIpc) is 3.10. The Hall–Kier alpha value is -2.21. The molecule has 0 saturated carbocycles. The summed E-state index contributed by atoms with van der Waals surface area (Å²) in [7, 11) is 0. The largest absolute Gasteiger partial charge is 0.464 e. The fourth-order valence-corrected chi connectivity index (χ4v) is 2.98. The molecule has 3 N–H and O–H groups in total. The Labute approximate surface area is 115 Å². The van der Waals surface area contributed by atoms with Crippen LogP contribution in [-0.4, -0.2) is 10.2 Å².